The fraction of sp³-hybridized carbons (Fsp3) is 0.357. The van der Waals surface area contributed by atoms with Gasteiger partial charge in [0.15, 0.2) is 0 Å². The predicted molar refractivity (Wildman–Crippen MR) is 81.9 cm³/mol. The number of carbonyl (C=O) groups excluding carboxylic acids is 3. The number of hydrogen-bond acceptors (Lipinski definition) is 7. The van der Waals surface area contributed by atoms with E-state index in [1.165, 1.54) is 24.3 Å². The van der Waals surface area contributed by atoms with Crippen molar-refractivity contribution in [3.8, 4) is 0 Å². The molecule has 0 aliphatic rings. The maximum atomic E-state index is 11.7. The minimum Gasteiger partial charge on any atom is -0.466 e. The molecule has 8 nitrogen and oxygen atoms in total. The molecule has 0 N–H and O–H groups in total. The maximum Gasteiger partial charge on any atom is 0.376 e. The lowest BCUT2D eigenvalue weighted by Crippen LogP contribution is -2.28. The highest BCUT2D eigenvalue weighted by Crippen LogP contribution is 2.13. The van der Waals surface area contributed by atoms with Gasteiger partial charge in [-0.2, -0.15) is 0 Å². The Balaban J connectivity index is 2.50. The summed E-state index contributed by atoms with van der Waals surface area (Å²) in [6, 6.07) is 5.36. The first-order valence-electron chi connectivity index (χ1n) is 6.59. The van der Waals surface area contributed by atoms with E-state index in [1.54, 1.807) is 6.92 Å². The second-order valence-electron chi connectivity index (χ2n) is 4.34. The van der Waals surface area contributed by atoms with E-state index in [4.69, 9.17) is 4.74 Å². The molecule has 0 heterocycles. The summed E-state index contributed by atoms with van der Waals surface area (Å²) in [6.45, 7) is 1.60. The first kappa shape index (κ1) is 18.8. The molecule has 1 atom stereocenters. The highest BCUT2D eigenvalue weighted by Gasteiger charge is 2.27. The Labute approximate surface area is 140 Å². The smallest absolute Gasteiger partial charge is 0.376 e. The van der Waals surface area contributed by atoms with Gasteiger partial charge in [-0.05, 0) is 24.6 Å². The number of rotatable bonds is 8. The van der Waals surface area contributed by atoms with E-state index in [1.807, 2.05) is 0 Å². The molecule has 0 saturated heterocycles. The molecule has 0 aliphatic carbocycles. The van der Waals surface area contributed by atoms with Crippen LogP contribution in [0.4, 0.5) is 5.69 Å². The average Bonchev–Trinajstić information content (AvgIpc) is 2.52. The number of halogens is 1. The third-order valence-electron chi connectivity index (χ3n) is 2.65. The van der Waals surface area contributed by atoms with Crippen molar-refractivity contribution in [2.24, 2.45) is 0 Å². The SMILES string of the molecule is CCOC(=O)CC(Br)C(=O)C(=O)OCc1ccc([N+](=O)[O-])cc1. The lowest BCUT2D eigenvalue weighted by molar-refractivity contribution is -0.384. The number of nitro benzene ring substituents is 1. The molecule has 0 bridgehead atoms. The van der Waals surface area contributed by atoms with E-state index in [0.717, 1.165) is 0 Å². The van der Waals surface area contributed by atoms with Gasteiger partial charge in [-0.3, -0.25) is 19.7 Å². The second-order valence-corrected chi connectivity index (χ2v) is 5.45. The van der Waals surface area contributed by atoms with Crippen molar-refractivity contribution < 1.29 is 28.8 Å². The number of nitrogens with zero attached hydrogens (tertiary/aromatic N) is 1. The molecule has 1 unspecified atom stereocenters. The Hall–Kier alpha value is -2.29. The number of esters is 2. The molecule has 0 spiro atoms. The molecule has 9 heteroatoms. The van der Waals surface area contributed by atoms with Crippen molar-refractivity contribution in [1.29, 1.82) is 0 Å². The average molecular weight is 388 g/mol. The van der Waals surface area contributed by atoms with Crippen molar-refractivity contribution >= 4 is 39.3 Å². The zero-order chi connectivity index (χ0) is 17.4. The van der Waals surface area contributed by atoms with Gasteiger partial charge in [-0.25, -0.2) is 4.79 Å². The highest BCUT2D eigenvalue weighted by molar-refractivity contribution is 9.10. The summed E-state index contributed by atoms with van der Waals surface area (Å²) in [5.41, 5.74) is 0.402. The van der Waals surface area contributed by atoms with Gasteiger partial charge in [0.25, 0.3) is 11.5 Å². The fourth-order valence-corrected chi connectivity index (χ4v) is 1.97. The molecule has 0 saturated carbocycles. The molecule has 1 rings (SSSR count). The lowest BCUT2D eigenvalue weighted by Gasteiger charge is -2.08. The molecule has 124 valence electrons. The summed E-state index contributed by atoms with van der Waals surface area (Å²) in [7, 11) is 0. The molecule has 0 aliphatic heterocycles. The summed E-state index contributed by atoms with van der Waals surface area (Å²) in [6.07, 6.45) is -0.278. The van der Waals surface area contributed by atoms with Crippen molar-refractivity contribution in [3.63, 3.8) is 0 Å². The van der Waals surface area contributed by atoms with Gasteiger partial charge in [0.2, 0.25) is 0 Å². The lowest BCUT2D eigenvalue weighted by atomic mass is 10.2. The van der Waals surface area contributed by atoms with Crippen molar-refractivity contribution in [3.05, 3.63) is 39.9 Å². The third kappa shape index (κ3) is 6.15. The van der Waals surface area contributed by atoms with Crippen molar-refractivity contribution in [2.75, 3.05) is 6.61 Å². The summed E-state index contributed by atoms with van der Waals surface area (Å²) in [4.78, 5) is 43.5. The van der Waals surface area contributed by atoms with Crippen LogP contribution < -0.4 is 0 Å². The topological polar surface area (TPSA) is 113 Å². The van der Waals surface area contributed by atoms with Gasteiger partial charge in [0.05, 0.1) is 22.8 Å². The van der Waals surface area contributed by atoms with Crippen LogP contribution >= 0.6 is 15.9 Å². The third-order valence-corrected chi connectivity index (χ3v) is 3.39. The number of alkyl halides is 1. The Morgan fingerprint density at radius 3 is 2.35 bits per heavy atom. The molecule has 23 heavy (non-hydrogen) atoms. The molecule has 0 fully saturated rings. The van der Waals surface area contributed by atoms with E-state index in [9.17, 15) is 24.5 Å². The van der Waals surface area contributed by atoms with E-state index < -0.39 is 27.5 Å². The zero-order valence-electron chi connectivity index (χ0n) is 12.2. The summed E-state index contributed by atoms with van der Waals surface area (Å²) >= 11 is 2.94. The van der Waals surface area contributed by atoms with Crippen LogP contribution in [0.1, 0.15) is 18.9 Å². The highest BCUT2D eigenvalue weighted by atomic mass is 79.9. The van der Waals surface area contributed by atoms with Crippen LogP contribution in [0.15, 0.2) is 24.3 Å². The summed E-state index contributed by atoms with van der Waals surface area (Å²) in [5.74, 6) is -2.61. The van der Waals surface area contributed by atoms with Crippen LogP contribution in [0.2, 0.25) is 0 Å². The van der Waals surface area contributed by atoms with Gasteiger partial charge >= 0.3 is 11.9 Å². The summed E-state index contributed by atoms with van der Waals surface area (Å²) in [5, 5.41) is 10.5. The van der Waals surface area contributed by atoms with E-state index >= 15 is 0 Å². The minimum absolute atomic E-state index is 0.0916. The van der Waals surface area contributed by atoms with Crippen LogP contribution in [0.25, 0.3) is 0 Å². The quantitative estimate of drug-likeness (QED) is 0.220. The van der Waals surface area contributed by atoms with E-state index in [0.29, 0.717) is 5.56 Å². The Kier molecular flexibility index (Phi) is 7.33. The maximum absolute atomic E-state index is 11.7. The van der Waals surface area contributed by atoms with E-state index in [2.05, 4.69) is 20.7 Å². The van der Waals surface area contributed by atoms with Crippen molar-refractivity contribution in [2.45, 2.75) is 24.8 Å². The molecule has 0 aromatic heterocycles. The van der Waals surface area contributed by atoms with Gasteiger partial charge < -0.3 is 9.47 Å². The number of nitro groups is 1. The molecular weight excluding hydrogens is 374 g/mol. The van der Waals surface area contributed by atoms with Gasteiger partial charge in [0, 0.05) is 12.1 Å². The molecular formula is C14H14BrNO7. The van der Waals surface area contributed by atoms with E-state index in [-0.39, 0.29) is 25.3 Å². The van der Waals surface area contributed by atoms with Gasteiger partial charge in [-0.15, -0.1) is 0 Å². The van der Waals surface area contributed by atoms with Gasteiger partial charge in [-0.1, -0.05) is 15.9 Å². The number of ether oxygens (including phenoxy) is 2. The number of carbonyl (C=O) groups is 3. The standard InChI is InChI=1S/C14H14BrNO7/c1-2-22-12(17)7-11(15)13(18)14(19)23-8-9-3-5-10(6-4-9)16(20)21/h3-6,11H,2,7-8H2,1H3. The van der Waals surface area contributed by atoms with Crippen LogP contribution in [-0.2, 0) is 30.5 Å². The Morgan fingerprint density at radius 2 is 1.83 bits per heavy atom. The predicted octanol–water partition coefficient (Wildman–Crippen LogP) is 1.92. The molecule has 0 amide bonds. The van der Waals surface area contributed by atoms with Crippen LogP contribution in [0.5, 0.6) is 0 Å². The second kappa shape index (κ2) is 8.99. The summed E-state index contributed by atoms with van der Waals surface area (Å²) < 4.78 is 9.49. The zero-order valence-corrected chi connectivity index (χ0v) is 13.8. The minimum atomic E-state index is -1.10. The molecule has 1 aromatic carbocycles. The number of benzene rings is 1. The normalized spacial score (nSPS) is 11.4. The first-order chi connectivity index (χ1) is 10.8. The van der Waals surface area contributed by atoms with Crippen molar-refractivity contribution in [1.82, 2.24) is 0 Å². The number of hydrogen-bond donors (Lipinski definition) is 0. The molecule has 1 aromatic rings. The monoisotopic (exact) mass is 387 g/mol. The fourth-order valence-electron chi connectivity index (χ4n) is 1.52. The number of Topliss-reactive ketones (excluding diaryl/α,β-unsaturated/α-hetero) is 1. The Morgan fingerprint density at radius 1 is 1.22 bits per heavy atom. The first-order valence-corrected chi connectivity index (χ1v) is 7.50. The van der Waals surface area contributed by atoms with Crippen LogP contribution in [0, 0.1) is 10.1 Å². The van der Waals surface area contributed by atoms with Crippen LogP contribution in [0.3, 0.4) is 0 Å². The Bertz CT molecular complexity index is 600. The number of ketones is 1. The van der Waals surface area contributed by atoms with Crippen LogP contribution in [-0.4, -0.2) is 34.1 Å². The van der Waals surface area contributed by atoms with Gasteiger partial charge in [0.1, 0.15) is 6.61 Å². The molecule has 0 radical (unpaired) electrons. The largest absolute Gasteiger partial charge is 0.466 e. The number of non-ortho nitro benzene ring substituents is 1.